The van der Waals surface area contributed by atoms with Gasteiger partial charge >= 0.3 is 5.63 Å². The van der Waals surface area contributed by atoms with Crippen LogP contribution >= 0.6 is 11.8 Å². The van der Waals surface area contributed by atoms with E-state index in [4.69, 9.17) is 0 Å². The molecule has 0 saturated heterocycles. The molecule has 0 spiro atoms. The molecule has 0 atom stereocenters. The number of thioether (sulfide) groups is 1. The Kier molecular flexibility index (Phi) is 4.15. The molecule has 0 bridgehead atoms. The van der Waals surface area contributed by atoms with Gasteiger partial charge in [0.1, 0.15) is 0 Å². The second kappa shape index (κ2) is 6.01. The van der Waals surface area contributed by atoms with Crippen LogP contribution < -0.4 is 10.9 Å². The fraction of sp³-hybridized carbons (Fsp3) is 0. The van der Waals surface area contributed by atoms with E-state index in [-0.39, 0.29) is 5.76 Å². The van der Waals surface area contributed by atoms with Gasteiger partial charge in [-0.15, -0.1) is 0 Å². The number of carbonyl (C=O) groups excluding carboxylic acids is 2. The van der Waals surface area contributed by atoms with Crippen LogP contribution in [-0.2, 0) is 0 Å². The van der Waals surface area contributed by atoms with Crippen LogP contribution in [0.4, 0.5) is 4.79 Å². The van der Waals surface area contributed by atoms with Gasteiger partial charge in [-0.25, -0.2) is 4.79 Å². The summed E-state index contributed by atoms with van der Waals surface area (Å²) in [5.41, 5.74) is -0.643. The summed E-state index contributed by atoms with van der Waals surface area (Å²) in [6.07, 6.45) is 0. The van der Waals surface area contributed by atoms with Crippen LogP contribution in [0.2, 0.25) is 0 Å². The summed E-state index contributed by atoms with van der Waals surface area (Å²) in [6, 6.07) is 12.8. The normalized spacial score (nSPS) is 9.89. The largest absolute Gasteiger partial charge is 0.417 e. The van der Waals surface area contributed by atoms with Gasteiger partial charge in [-0.3, -0.25) is 14.9 Å². The van der Waals surface area contributed by atoms with Gasteiger partial charge in [0.15, 0.2) is 5.76 Å². The van der Waals surface area contributed by atoms with Crippen LogP contribution in [-0.4, -0.2) is 11.1 Å². The average Bonchev–Trinajstić information content (AvgIpc) is 2.39. The van der Waals surface area contributed by atoms with Gasteiger partial charge in [0.05, 0.1) is 0 Å². The van der Waals surface area contributed by atoms with Crippen molar-refractivity contribution < 1.29 is 14.0 Å². The van der Waals surface area contributed by atoms with Crippen molar-refractivity contribution in [1.82, 2.24) is 5.32 Å². The van der Waals surface area contributed by atoms with Crippen LogP contribution in [0, 0.1) is 0 Å². The lowest BCUT2D eigenvalue weighted by Gasteiger charge is -2.02. The van der Waals surface area contributed by atoms with Crippen LogP contribution in [0.25, 0.3) is 0 Å². The number of hydrogen-bond donors (Lipinski definition) is 1. The zero-order valence-corrected chi connectivity index (χ0v) is 10.5. The smallest absolute Gasteiger partial charge is 0.336 e. The maximum Gasteiger partial charge on any atom is 0.336 e. The van der Waals surface area contributed by atoms with E-state index in [9.17, 15) is 14.4 Å². The minimum Gasteiger partial charge on any atom is -0.417 e. The lowest BCUT2D eigenvalue weighted by molar-refractivity contribution is 0.0938. The van der Waals surface area contributed by atoms with E-state index in [1.165, 1.54) is 18.2 Å². The molecule has 1 N–H and O–H groups in total. The summed E-state index contributed by atoms with van der Waals surface area (Å²) >= 11 is 0.880. The number of amides is 2. The molecule has 96 valence electrons. The van der Waals surface area contributed by atoms with Crippen molar-refractivity contribution in [3.8, 4) is 0 Å². The quantitative estimate of drug-likeness (QED) is 0.851. The number of carbonyl (C=O) groups is 2. The van der Waals surface area contributed by atoms with E-state index in [0.29, 0.717) is 4.90 Å². The maximum absolute atomic E-state index is 11.6. The molecule has 19 heavy (non-hydrogen) atoms. The van der Waals surface area contributed by atoms with Crippen LogP contribution in [0.1, 0.15) is 10.6 Å². The molecule has 0 saturated carbocycles. The third-order valence-corrected chi connectivity index (χ3v) is 2.88. The van der Waals surface area contributed by atoms with Gasteiger partial charge in [0.2, 0.25) is 0 Å². The van der Waals surface area contributed by atoms with Crippen LogP contribution in [0.5, 0.6) is 0 Å². The summed E-state index contributed by atoms with van der Waals surface area (Å²) in [7, 11) is 0. The van der Waals surface area contributed by atoms with Crippen molar-refractivity contribution in [3.63, 3.8) is 0 Å². The zero-order chi connectivity index (χ0) is 13.7. The van der Waals surface area contributed by atoms with Gasteiger partial charge in [-0.2, -0.15) is 0 Å². The molecule has 0 aliphatic heterocycles. The molecule has 2 amide bonds. The van der Waals surface area contributed by atoms with E-state index < -0.39 is 16.8 Å². The summed E-state index contributed by atoms with van der Waals surface area (Å²) in [5.74, 6) is -0.944. The van der Waals surface area contributed by atoms with Gasteiger partial charge in [-0.05, 0) is 30.0 Å². The summed E-state index contributed by atoms with van der Waals surface area (Å²) in [4.78, 5) is 34.9. The van der Waals surface area contributed by atoms with Crippen molar-refractivity contribution in [2.24, 2.45) is 0 Å². The van der Waals surface area contributed by atoms with E-state index in [2.05, 4.69) is 9.73 Å². The number of benzene rings is 1. The fourth-order valence-electron chi connectivity index (χ4n) is 1.29. The molecule has 6 heteroatoms. The lowest BCUT2D eigenvalue weighted by Crippen LogP contribution is -2.27. The van der Waals surface area contributed by atoms with E-state index in [0.717, 1.165) is 11.8 Å². The molecule has 0 aliphatic carbocycles. The number of imide groups is 1. The summed E-state index contributed by atoms with van der Waals surface area (Å²) in [6.45, 7) is 0. The predicted molar refractivity (Wildman–Crippen MR) is 70.1 cm³/mol. The van der Waals surface area contributed by atoms with Gasteiger partial charge in [0, 0.05) is 11.0 Å². The molecule has 1 aromatic heterocycles. The fourth-order valence-corrected chi connectivity index (χ4v) is 1.94. The Morgan fingerprint density at radius 3 is 2.42 bits per heavy atom. The van der Waals surface area contributed by atoms with Crippen molar-refractivity contribution in [3.05, 3.63) is 64.7 Å². The number of hydrogen-bond acceptors (Lipinski definition) is 5. The van der Waals surface area contributed by atoms with Gasteiger partial charge < -0.3 is 4.42 Å². The zero-order valence-electron chi connectivity index (χ0n) is 9.66. The monoisotopic (exact) mass is 275 g/mol. The molecule has 0 aliphatic rings. The molecular formula is C13H9NO4S. The second-order valence-electron chi connectivity index (χ2n) is 3.47. The lowest BCUT2D eigenvalue weighted by atomic mass is 10.4. The minimum absolute atomic E-state index is 0.200. The Balaban J connectivity index is 2.00. The summed E-state index contributed by atoms with van der Waals surface area (Å²) < 4.78 is 4.66. The van der Waals surface area contributed by atoms with Crippen molar-refractivity contribution in [2.45, 2.75) is 4.90 Å². The number of nitrogens with one attached hydrogen (secondary N) is 1. The third kappa shape index (κ3) is 3.82. The first-order chi connectivity index (χ1) is 9.15. The maximum atomic E-state index is 11.6. The Morgan fingerprint density at radius 1 is 1.00 bits per heavy atom. The molecule has 0 radical (unpaired) electrons. The molecule has 1 heterocycles. The highest BCUT2D eigenvalue weighted by atomic mass is 32.2. The highest BCUT2D eigenvalue weighted by Gasteiger charge is 2.13. The highest BCUT2D eigenvalue weighted by Crippen LogP contribution is 2.17. The Morgan fingerprint density at radius 2 is 1.74 bits per heavy atom. The topological polar surface area (TPSA) is 76.4 Å². The van der Waals surface area contributed by atoms with Crippen molar-refractivity contribution >= 4 is 22.9 Å². The van der Waals surface area contributed by atoms with Gasteiger partial charge in [0.25, 0.3) is 11.1 Å². The molecule has 2 aromatic rings. The molecular weight excluding hydrogens is 266 g/mol. The summed E-state index contributed by atoms with van der Waals surface area (Å²) in [5, 5.41) is 1.59. The van der Waals surface area contributed by atoms with E-state index in [1.54, 1.807) is 24.3 Å². The first-order valence-corrected chi connectivity index (χ1v) is 6.15. The first kappa shape index (κ1) is 13.1. The van der Waals surface area contributed by atoms with Crippen molar-refractivity contribution in [2.75, 3.05) is 0 Å². The molecule has 5 nitrogen and oxygen atoms in total. The first-order valence-electron chi connectivity index (χ1n) is 5.33. The van der Waals surface area contributed by atoms with Gasteiger partial charge in [-0.1, -0.05) is 24.3 Å². The Hall–Kier alpha value is -2.34. The predicted octanol–water partition coefficient (Wildman–Crippen LogP) is 2.28. The van der Waals surface area contributed by atoms with Crippen LogP contribution in [0.15, 0.2) is 62.6 Å². The second-order valence-corrected chi connectivity index (χ2v) is 4.51. The average molecular weight is 275 g/mol. The molecule has 0 unspecified atom stereocenters. The van der Waals surface area contributed by atoms with E-state index >= 15 is 0 Å². The minimum atomic E-state index is -0.744. The highest BCUT2D eigenvalue weighted by molar-refractivity contribution is 8.13. The van der Waals surface area contributed by atoms with Crippen LogP contribution in [0.3, 0.4) is 0 Å². The molecule has 0 fully saturated rings. The third-order valence-electron chi connectivity index (χ3n) is 2.08. The van der Waals surface area contributed by atoms with E-state index in [1.807, 2.05) is 6.07 Å². The van der Waals surface area contributed by atoms with Crippen molar-refractivity contribution in [1.29, 1.82) is 0 Å². The molecule has 2 rings (SSSR count). The Labute approximate surface area is 112 Å². The standard InChI is InChI=1S/C13H9NO4S/c15-11-8-4-7-10(18-11)12(16)14-13(17)19-9-5-2-1-3-6-9/h1-8H,(H,14,16,17). The Bertz CT molecular complexity index is 651. The number of rotatable bonds is 2. The SMILES string of the molecule is O=C(NC(=O)c1cccc(=O)o1)Sc1ccccc1. The molecule has 1 aromatic carbocycles.